The summed E-state index contributed by atoms with van der Waals surface area (Å²) in [7, 11) is 0. The minimum atomic E-state index is -0.803. The van der Waals surface area contributed by atoms with E-state index in [1.54, 1.807) is 0 Å². The molecule has 0 bridgehead atoms. The van der Waals surface area contributed by atoms with E-state index in [1.807, 2.05) is 36.4 Å². The van der Waals surface area contributed by atoms with Crippen LogP contribution in [0.25, 0.3) is 0 Å². The van der Waals surface area contributed by atoms with Crippen LogP contribution in [-0.2, 0) is 23.1 Å². The molecule has 1 unspecified atom stereocenters. The average Bonchev–Trinajstić information content (AvgIpc) is 2.84. The van der Waals surface area contributed by atoms with Crippen molar-refractivity contribution >= 4 is 28.9 Å². The first-order chi connectivity index (χ1) is 9.62. The third-order valence-electron chi connectivity index (χ3n) is 4.10. The van der Waals surface area contributed by atoms with Gasteiger partial charge in [0.1, 0.15) is 0 Å². The van der Waals surface area contributed by atoms with Crippen molar-refractivity contribution in [1.29, 1.82) is 0 Å². The number of hydrogen-bond donors (Lipinski definition) is 1. The number of benzene rings is 1. The van der Waals surface area contributed by atoms with Gasteiger partial charge in [0.2, 0.25) is 0 Å². The number of thiophene rings is 1. The molecule has 3 rings (SSSR count). The van der Waals surface area contributed by atoms with Gasteiger partial charge in [-0.25, -0.2) is 0 Å². The molecular weight excluding hydrogens is 292 g/mol. The summed E-state index contributed by atoms with van der Waals surface area (Å²) in [6, 6.07) is 11.7. The van der Waals surface area contributed by atoms with Crippen molar-refractivity contribution in [3.63, 3.8) is 0 Å². The SMILES string of the molecule is O=C(O)C1(Cc2ccc(Cl)s2)CCCc2ccccc21. The fourth-order valence-electron chi connectivity index (χ4n) is 3.15. The van der Waals surface area contributed by atoms with Crippen molar-refractivity contribution in [2.75, 3.05) is 0 Å². The van der Waals surface area contributed by atoms with Crippen molar-refractivity contribution in [2.45, 2.75) is 31.1 Å². The summed E-state index contributed by atoms with van der Waals surface area (Å²) in [5, 5.41) is 9.88. The van der Waals surface area contributed by atoms with E-state index < -0.39 is 11.4 Å². The van der Waals surface area contributed by atoms with Crippen LogP contribution in [0.3, 0.4) is 0 Å². The second-order valence-electron chi connectivity index (χ2n) is 5.28. The van der Waals surface area contributed by atoms with Gasteiger partial charge in [0.25, 0.3) is 0 Å². The summed E-state index contributed by atoms with van der Waals surface area (Å²) < 4.78 is 0.713. The molecule has 0 saturated carbocycles. The quantitative estimate of drug-likeness (QED) is 0.918. The summed E-state index contributed by atoms with van der Waals surface area (Å²) in [5.41, 5.74) is 1.34. The van der Waals surface area contributed by atoms with Gasteiger partial charge in [-0.05, 0) is 42.5 Å². The molecule has 0 amide bonds. The van der Waals surface area contributed by atoms with Gasteiger partial charge in [-0.15, -0.1) is 11.3 Å². The predicted molar refractivity (Wildman–Crippen MR) is 81.7 cm³/mol. The third kappa shape index (κ3) is 2.25. The monoisotopic (exact) mass is 306 g/mol. The van der Waals surface area contributed by atoms with E-state index in [9.17, 15) is 9.90 Å². The summed E-state index contributed by atoms with van der Waals surface area (Å²) in [5.74, 6) is -0.728. The highest BCUT2D eigenvalue weighted by Gasteiger charge is 2.43. The van der Waals surface area contributed by atoms with Gasteiger partial charge in [0, 0.05) is 11.3 Å². The molecule has 104 valence electrons. The molecule has 4 heteroatoms. The van der Waals surface area contributed by atoms with Crippen LogP contribution in [0.2, 0.25) is 4.34 Å². The molecule has 1 N–H and O–H groups in total. The number of halogens is 1. The van der Waals surface area contributed by atoms with Crippen LogP contribution in [-0.4, -0.2) is 11.1 Å². The zero-order chi connectivity index (χ0) is 14.2. The van der Waals surface area contributed by atoms with Crippen LogP contribution in [0.4, 0.5) is 0 Å². The van der Waals surface area contributed by atoms with Crippen molar-refractivity contribution in [3.05, 3.63) is 56.7 Å². The molecule has 0 aliphatic heterocycles. The Bertz CT molecular complexity index is 649. The van der Waals surface area contributed by atoms with Gasteiger partial charge in [-0.2, -0.15) is 0 Å². The molecule has 1 aliphatic rings. The van der Waals surface area contributed by atoms with Crippen LogP contribution >= 0.6 is 22.9 Å². The lowest BCUT2D eigenvalue weighted by Crippen LogP contribution is -2.41. The number of carbonyl (C=O) groups is 1. The second kappa shape index (κ2) is 5.23. The molecule has 1 aliphatic carbocycles. The van der Waals surface area contributed by atoms with Crippen LogP contribution in [0.5, 0.6) is 0 Å². The maximum absolute atomic E-state index is 12.0. The number of hydrogen-bond acceptors (Lipinski definition) is 2. The van der Waals surface area contributed by atoms with E-state index >= 15 is 0 Å². The van der Waals surface area contributed by atoms with Crippen LogP contribution < -0.4 is 0 Å². The first kappa shape index (κ1) is 13.7. The maximum Gasteiger partial charge on any atom is 0.314 e. The first-order valence-electron chi connectivity index (χ1n) is 6.68. The summed E-state index contributed by atoms with van der Waals surface area (Å²) >= 11 is 7.45. The Hall–Kier alpha value is -1.32. The highest BCUT2D eigenvalue weighted by Crippen LogP contribution is 2.41. The molecular formula is C16H15ClO2S. The van der Waals surface area contributed by atoms with Crippen molar-refractivity contribution in [2.24, 2.45) is 0 Å². The van der Waals surface area contributed by atoms with Gasteiger partial charge in [-0.1, -0.05) is 35.9 Å². The van der Waals surface area contributed by atoms with Gasteiger partial charge >= 0.3 is 5.97 Å². The maximum atomic E-state index is 12.0. The molecule has 20 heavy (non-hydrogen) atoms. The normalized spacial score (nSPS) is 21.4. The minimum Gasteiger partial charge on any atom is -0.481 e. The van der Waals surface area contributed by atoms with Gasteiger partial charge in [0.05, 0.1) is 9.75 Å². The Morgan fingerprint density at radius 1 is 1.30 bits per heavy atom. The minimum absolute atomic E-state index is 0.525. The van der Waals surface area contributed by atoms with Crippen LogP contribution in [0.15, 0.2) is 36.4 Å². The molecule has 1 aromatic carbocycles. The standard InChI is InChI=1S/C16H15ClO2S/c17-14-8-7-12(20-14)10-16(15(18)19)9-3-5-11-4-1-2-6-13(11)16/h1-2,4,6-8H,3,5,9-10H2,(H,18,19). The topological polar surface area (TPSA) is 37.3 Å². The molecule has 2 nitrogen and oxygen atoms in total. The second-order valence-corrected chi connectivity index (χ2v) is 7.08. The van der Waals surface area contributed by atoms with E-state index in [4.69, 9.17) is 11.6 Å². The molecule has 0 saturated heterocycles. The fraction of sp³-hybridized carbons (Fsp3) is 0.312. The van der Waals surface area contributed by atoms with Crippen molar-refractivity contribution in [3.8, 4) is 0 Å². The number of carboxylic acid groups (broad SMARTS) is 1. The molecule has 0 fully saturated rings. The summed E-state index contributed by atoms with van der Waals surface area (Å²) in [6.07, 6.45) is 3.10. The van der Waals surface area contributed by atoms with Gasteiger partial charge in [-0.3, -0.25) is 4.79 Å². The van der Waals surface area contributed by atoms with Crippen molar-refractivity contribution < 1.29 is 9.90 Å². The first-order valence-corrected chi connectivity index (χ1v) is 7.87. The fourth-order valence-corrected chi connectivity index (χ4v) is 4.35. The van der Waals surface area contributed by atoms with E-state index in [1.165, 1.54) is 16.9 Å². The Morgan fingerprint density at radius 3 is 2.80 bits per heavy atom. The van der Waals surface area contributed by atoms with Gasteiger partial charge < -0.3 is 5.11 Å². The number of aryl methyl sites for hydroxylation is 1. The number of fused-ring (bicyclic) bond motifs is 1. The Morgan fingerprint density at radius 2 is 2.10 bits per heavy atom. The zero-order valence-electron chi connectivity index (χ0n) is 10.9. The summed E-state index contributed by atoms with van der Waals surface area (Å²) in [6.45, 7) is 0. The van der Waals surface area contributed by atoms with Crippen LogP contribution in [0.1, 0.15) is 28.8 Å². The Labute approximate surface area is 127 Å². The molecule has 1 atom stereocenters. The number of aliphatic carboxylic acids is 1. The Balaban J connectivity index is 2.07. The van der Waals surface area contributed by atoms with E-state index in [0.29, 0.717) is 17.2 Å². The molecule has 0 spiro atoms. The average molecular weight is 307 g/mol. The Kier molecular flexibility index (Phi) is 3.57. The van der Waals surface area contributed by atoms with E-state index in [-0.39, 0.29) is 0 Å². The van der Waals surface area contributed by atoms with Crippen molar-refractivity contribution in [1.82, 2.24) is 0 Å². The van der Waals surface area contributed by atoms with E-state index in [0.717, 1.165) is 23.3 Å². The highest BCUT2D eigenvalue weighted by molar-refractivity contribution is 7.16. The lowest BCUT2D eigenvalue weighted by atomic mass is 9.68. The molecule has 1 heterocycles. The third-order valence-corrected chi connectivity index (χ3v) is 5.33. The lowest BCUT2D eigenvalue weighted by Gasteiger charge is -2.35. The summed E-state index contributed by atoms with van der Waals surface area (Å²) in [4.78, 5) is 13.1. The lowest BCUT2D eigenvalue weighted by molar-refractivity contribution is -0.144. The number of carboxylic acids is 1. The predicted octanol–water partition coefficient (Wildman–Crippen LogP) is 4.30. The zero-order valence-corrected chi connectivity index (χ0v) is 12.5. The molecule has 2 aromatic rings. The molecule has 1 aromatic heterocycles. The largest absolute Gasteiger partial charge is 0.481 e. The molecule has 0 radical (unpaired) electrons. The van der Waals surface area contributed by atoms with Gasteiger partial charge in [0.15, 0.2) is 0 Å². The highest BCUT2D eigenvalue weighted by atomic mass is 35.5. The van der Waals surface area contributed by atoms with Crippen LogP contribution in [0, 0.1) is 0 Å². The number of rotatable bonds is 3. The van der Waals surface area contributed by atoms with E-state index in [2.05, 4.69) is 0 Å². The smallest absolute Gasteiger partial charge is 0.314 e.